The first kappa shape index (κ1) is 20.6. The molecule has 5 rings (SSSR count). The average Bonchev–Trinajstić information content (AvgIpc) is 3.47. The van der Waals surface area contributed by atoms with Crippen molar-refractivity contribution in [1.82, 2.24) is 23.8 Å². The molecule has 0 aromatic carbocycles. The van der Waals surface area contributed by atoms with Crippen molar-refractivity contribution in [2.45, 2.75) is 42.9 Å². The van der Waals surface area contributed by atoms with Crippen LogP contribution in [0.4, 0.5) is 0 Å². The number of thiophene rings is 1. The molecule has 0 saturated carbocycles. The standard InChI is InChI=1S/C21H25N5O3S2/c27-21(19-17(9-15-30-19)31(28,29)25-10-3-1-4-11-25)24-13-7-16(8-14-24)20-23-22-18-6-2-5-12-26(18)20/h2,5-6,9,12,15-16H,1,3-4,7-8,10-11,13-14H2. The minimum absolute atomic E-state index is 0.162. The Labute approximate surface area is 185 Å². The molecule has 0 aliphatic carbocycles. The number of hydrogen-bond donors (Lipinski definition) is 0. The molecule has 0 unspecified atom stereocenters. The summed E-state index contributed by atoms with van der Waals surface area (Å²) in [6.07, 6.45) is 6.32. The highest BCUT2D eigenvalue weighted by Crippen LogP contribution is 2.32. The van der Waals surface area contributed by atoms with Gasteiger partial charge in [-0.15, -0.1) is 21.5 Å². The zero-order valence-electron chi connectivity index (χ0n) is 17.2. The number of amides is 1. The summed E-state index contributed by atoms with van der Waals surface area (Å²) in [5, 5.41) is 10.3. The third-order valence-corrected chi connectivity index (χ3v) is 9.22. The van der Waals surface area contributed by atoms with E-state index in [4.69, 9.17) is 0 Å². The number of pyridine rings is 1. The topological polar surface area (TPSA) is 87.9 Å². The summed E-state index contributed by atoms with van der Waals surface area (Å²) in [5.41, 5.74) is 0.821. The predicted molar refractivity (Wildman–Crippen MR) is 118 cm³/mol. The van der Waals surface area contributed by atoms with Gasteiger partial charge in [0.2, 0.25) is 10.0 Å². The van der Waals surface area contributed by atoms with Gasteiger partial charge in [0.15, 0.2) is 5.65 Å². The van der Waals surface area contributed by atoms with Crippen molar-refractivity contribution >= 4 is 32.9 Å². The third kappa shape index (κ3) is 3.77. The molecule has 164 valence electrons. The van der Waals surface area contributed by atoms with E-state index in [1.54, 1.807) is 16.3 Å². The molecule has 3 aromatic heterocycles. The van der Waals surface area contributed by atoms with E-state index in [0.717, 1.165) is 43.6 Å². The van der Waals surface area contributed by atoms with Crippen molar-refractivity contribution in [3.05, 3.63) is 46.5 Å². The average molecular weight is 460 g/mol. The first-order valence-corrected chi connectivity index (χ1v) is 13.0. The number of hydrogen-bond acceptors (Lipinski definition) is 6. The van der Waals surface area contributed by atoms with Crippen molar-refractivity contribution in [3.8, 4) is 0 Å². The molecule has 1 amide bonds. The Morgan fingerprint density at radius 3 is 2.55 bits per heavy atom. The number of carbonyl (C=O) groups is 1. The molecule has 2 aliphatic heterocycles. The van der Waals surface area contributed by atoms with Crippen LogP contribution in [0, 0.1) is 0 Å². The maximum atomic E-state index is 13.2. The summed E-state index contributed by atoms with van der Waals surface area (Å²) in [5.74, 6) is 0.962. The van der Waals surface area contributed by atoms with Crippen LogP contribution in [0.1, 0.15) is 53.5 Å². The van der Waals surface area contributed by atoms with E-state index in [9.17, 15) is 13.2 Å². The Morgan fingerprint density at radius 2 is 1.77 bits per heavy atom. The first-order chi connectivity index (χ1) is 15.1. The summed E-state index contributed by atoms with van der Waals surface area (Å²) >= 11 is 1.22. The summed E-state index contributed by atoms with van der Waals surface area (Å²) in [6.45, 7) is 2.21. The zero-order valence-corrected chi connectivity index (χ0v) is 18.8. The lowest BCUT2D eigenvalue weighted by Crippen LogP contribution is -2.40. The summed E-state index contributed by atoms with van der Waals surface area (Å²) in [6, 6.07) is 7.40. The van der Waals surface area contributed by atoms with Crippen LogP contribution in [0.5, 0.6) is 0 Å². The van der Waals surface area contributed by atoms with Crippen molar-refractivity contribution in [1.29, 1.82) is 0 Å². The molecule has 2 fully saturated rings. The summed E-state index contributed by atoms with van der Waals surface area (Å²) in [7, 11) is -3.63. The van der Waals surface area contributed by atoms with E-state index in [-0.39, 0.29) is 16.7 Å². The van der Waals surface area contributed by atoms with E-state index in [2.05, 4.69) is 10.2 Å². The fraction of sp³-hybridized carbons (Fsp3) is 0.476. The zero-order chi connectivity index (χ0) is 21.4. The maximum Gasteiger partial charge on any atom is 0.265 e. The van der Waals surface area contributed by atoms with Crippen molar-refractivity contribution in [2.24, 2.45) is 0 Å². The smallest absolute Gasteiger partial charge is 0.265 e. The van der Waals surface area contributed by atoms with Crippen LogP contribution in [-0.4, -0.2) is 64.3 Å². The minimum atomic E-state index is -3.63. The number of sulfonamides is 1. The number of piperidine rings is 2. The van der Waals surface area contributed by atoms with E-state index in [1.165, 1.54) is 15.6 Å². The molecule has 10 heteroatoms. The summed E-state index contributed by atoms with van der Waals surface area (Å²) < 4.78 is 29.8. The molecule has 0 N–H and O–H groups in total. The minimum Gasteiger partial charge on any atom is -0.338 e. The fourth-order valence-electron chi connectivity index (χ4n) is 4.52. The molecule has 0 radical (unpaired) electrons. The third-order valence-electron chi connectivity index (χ3n) is 6.24. The number of nitrogens with zero attached hydrogens (tertiary/aromatic N) is 5. The molecule has 2 saturated heterocycles. The number of rotatable bonds is 4. The van der Waals surface area contributed by atoms with Crippen LogP contribution in [0.3, 0.4) is 0 Å². The second-order valence-corrected chi connectivity index (χ2v) is 11.0. The van der Waals surface area contributed by atoms with Crippen molar-refractivity contribution in [3.63, 3.8) is 0 Å². The van der Waals surface area contributed by atoms with Gasteiger partial charge in [0.1, 0.15) is 15.6 Å². The van der Waals surface area contributed by atoms with Crippen LogP contribution in [0.25, 0.3) is 5.65 Å². The van der Waals surface area contributed by atoms with Gasteiger partial charge in [0.25, 0.3) is 5.91 Å². The van der Waals surface area contributed by atoms with Gasteiger partial charge in [-0.05, 0) is 49.3 Å². The molecule has 2 aliphatic rings. The Hall–Kier alpha value is -2.30. The predicted octanol–water partition coefficient (Wildman–Crippen LogP) is 2.99. The molecule has 5 heterocycles. The molecule has 0 spiro atoms. The number of likely N-dealkylation sites (tertiary alicyclic amines) is 1. The Balaban J connectivity index is 1.31. The van der Waals surface area contributed by atoms with Crippen LogP contribution >= 0.6 is 11.3 Å². The van der Waals surface area contributed by atoms with Crippen molar-refractivity contribution < 1.29 is 13.2 Å². The van der Waals surface area contributed by atoms with Crippen molar-refractivity contribution in [2.75, 3.05) is 26.2 Å². The molecular formula is C21H25N5O3S2. The Kier molecular flexibility index (Phi) is 5.53. The molecular weight excluding hydrogens is 434 g/mol. The number of fused-ring (bicyclic) bond motifs is 1. The molecule has 0 atom stereocenters. The van der Waals surface area contributed by atoms with E-state index in [0.29, 0.717) is 31.1 Å². The highest BCUT2D eigenvalue weighted by molar-refractivity contribution is 7.89. The van der Waals surface area contributed by atoms with Crippen LogP contribution in [0.2, 0.25) is 0 Å². The summed E-state index contributed by atoms with van der Waals surface area (Å²) in [4.78, 5) is 15.5. The second-order valence-electron chi connectivity index (χ2n) is 8.13. The highest BCUT2D eigenvalue weighted by atomic mass is 32.2. The van der Waals surface area contributed by atoms with Crippen LogP contribution in [0.15, 0.2) is 40.7 Å². The van der Waals surface area contributed by atoms with Gasteiger partial charge in [-0.1, -0.05) is 12.5 Å². The van der Waals surface area contributed by atoms with Gasteiger partial charge in [-0.3, -0.25) is 9.20 Å². The largest absolute Gasteiger partial charge is 0.338 e. The fourth-order valence-corrected chi connectivity index (χ4v) is 7.40. The number of aromatic nitrogens is 3. The lowest BCUT2D eigenvalue weighted by molar-refractivity contribution is 0.0712. The number of carbonyl (C=O) groups excluding carboxylic acids is 1. The van der Waals surface area contributed by atoms with Gasteiger partial charge in [-0.25, -0.2) is 8.42 Å². The van der Waals surface area contributed by atoms with Gasteiger partial charge in [-0.2, -0.15) is 4.31 Å². The second kappa shape index (κ2) is 8.33. The monoisotopic (exact) mass is 459 g/mol. The first-order valence-electron chi connectivity index (χ1n) is 10.7. The highest BCUT2D eigenvalue weighted by Gasteiger charge is 2.34. The van der Waals surface area contributed by atoms with Gasteiger partial charge in [0.05, 0.1) is 0 Å². The molecule has 3 aromatic rings. The molecule has 0 bridgehead atoms. The lowest BCUT2D eigenvalue weighted by atomic mass is 9.96. The van der Waals surface area contributed by atoms with E-state index in [1.807, 2.05) is 28.8 Å². The quantitative estimate of drug-likeness (QED) is 0.599. The molecule has 31 heavy (non-hydrogen) atoms. The van der Waals surface area contributed by atoms with Crippen LogP contribution < -0.4 is 0 Å². The van der Waals surface area contributed by atoms with Gasteiger partial charge < -0.3 is 4.90 Å². The normalized spacial score (nSPS) is 19.2. The van der Waals surface area contributed by atoms with Crippen LogP contribution in [-0.2, 0) is 10.0 Å². The van der Waals surface area contributed by atoms with E-state index < -0.39 is 10.0 Å². The van der Waals surface area contributed by atoms with Gasteiger partial charge in [0, 0.05) is 38.3 Å². The maximum absolute atomic E-state index is 13.2. The Morgan fingerprint density at radius 1 is 1.00 bits per heavy atom. The van der Waals surface area contributed by atoms with E-state index >= 15 is 0 Å². The lowest BCUT2D eigenvalue weighted by Gasteiger charge is -2.31. The SMILES string of the molecule is O=C(c1sccc1S(=O)(=O)N1CCCCC1)N1CCC(c2nnc3ccccn23)CC1. The Bertz CT molecular complexity index is 1190. The molecule has 8 nitrogen and oxygen atoms in total. The van der Waals surface area contributed by atoms with Gasteiger partial charge >= 0.3 is 0 Å².